The Kier molecular flexibility index (Phi) is 5.15. The first-order valence-electron chi connectivity index (χ1n) is 9.05. The van der Waals surface area contributed by atoms with Crippen LogP contribution in [0.25, 0.3) is 20.7 Å². The summed E-state index contributed by atoms with van der Waals surface area (Å²) in [6.07, 6.45) is 2.24. The summed E-state index contributed by atoms with van der Waals surface area (Å²) in [6.45, 7) is 4.20. The molecule has 26 heavy (non-hydrogen) atoms. The lowest BCUT2D eigenvalue weighted by atomic mass is 10.1. The molecule has 0 bridgehead atoms. The van der Waals surface area contributed by atoms with E-state index >= 15 is 0 Å². The number of hydrogen-bond donors (Lipinski definition) is 1. The van der Waals surface area contributed by atoms with Crippen molar-refractivity contribution in [3.63, 3.8) is 0 Å². The molecule has 3 aromatic rings. The summed E-state index contributed by atoms with van der Waals surface area (Å²) in [5, 5.41) is 10.1. The van der Waals surface area contributed by atoms with E-state index in [2.05, 4.69) is 40.2 Å². The molecule has 3 heterocycles. The summed E-state index contributed by atoms with van der Waals surface area (Å²) >= 11 is 1.72. The van der Waals surface area contributed by atoms with Gasteiger partial charge in [0.05, 0.1) is 24.7 Å². The van der Waals surface area contributed by atoms with Gasteiger partial charge < -0.3 is 14.7 Å². The largest absolute Gasteiger partial charge is 0.394 e. The van der Waals surface area contributed by atoms with Gasteiger partial charge in [-0.2, -0.15) is 0 Å². The second-order valence-corrected chi connectivity index (χ2v) is 7.63. The van der Waals surface area contributed by atoms with Crippen molar-refractivity contribution in [3.05, 3.63) is 42.2 Å². The van der Waals surface area contributed by atoms with Gasteiger partial charge in [0, 0.05) is 18.0 Å². The van der Waals surface area contributed by atoms with Crippen LogP contribution >= 0.6 is 11.3 Å². The fourth-order valence-corrected chi connectivity index (χ4v) is 4.56. The van der Waals surface area contributed by atoms with Crippen LogP contribution in [-0.4, -0.2) is 47.5 Å². The van der Waals surface area contributed by atoms with E-state index in [0.29, 0.717) is 6.61 Å². The third-order valence-corrected chi connectivity index (χ3v) is 5.74. The molecule has 0 saturated carbocycles. The highest BCUT2D eigenvalue weighted by Crippen LogP contribution is 2.37. The molecule has 0 spiro atoms. The van der Waals surface area contributed by atoms with E-state index < -0.39 is 0 Å². The fourth-order valence-electron chi connectivity index (χ4n) is 3.48. The highest BCUT2D eigenvalue weighted by molar-refractivity contribution is 7.21. The molecule has 0 aliphatic carbocycles. The minimum Gasteiger partial charge on any atom is -0.394 e. The smallest absolute Gasteiger partial charge is 0.141 e. The van der Waals surface area contributed by atoms with Crippen LogP contribution in [0.3, 0.4) is 0 Å². The van der Waals surface area contributed by atoms with Gasteiger partial charge in [0.1, 0.15) is 16.5 Å². The van der Waals surface area contributed by atoms with Crippen LogP contribution in [0.5, 0.6) is 0 Å². The lowest BCUT2D eigenvalue weighted by Gasteiger charge is -2.33. The SMILES string of the molecule is Cc1nc(N2CCCC(OCCO)C2)c2cc(-c3ccccc3)sc2n1. The van der Waals surface area contributed by atoms with Gasteiger partial charge in [0.25, 0.3) is 0 Å². The number of aliphatic hydroxyl groups excluding tert-OH is 1. The second-order valence-electron chi connectivity index (χ2n) is 6.59. The molecule has 1 fully saturated rings. The molecular formula is C20H23N3O2S. The highest BCUT2D eigenvalue weighted by Gasteiger charge is 2.24. The Hall–Kier alpha value is -2.02. The lowest BCUT2D eigenvalue weighted by Crippen LogP contribution is -2.40. The molecule has 4 rings (SSSR count). The Bertz CT molecular complexity index is 881. The monoisotopic (exact) mass is 369 g/mol. The number of aryl methyl sites for hydroxylation is 1. The molecule has 0 amide bonds. The Morgan fingerprint density at radius 1 is 1.27 bits per heavy atom. The maximum Gasteiger partial charge on any atom is 0.141 e. The van der Waals surface area contributed by atoms with Crippen LogP contribution in [-0.2, 0) is 4.74 Å². The zero-order chi connectivity index (χ0) is 17.9. The molecular weight excluding hydrogens is 346 g/mol. The van der Waals surface area contributed by atoms with Crippen LogP contribution in [0.2, 0.25) is 0 Å². The number of piperidine rings is 1. The second kappa shape index (κ2) is 7.70. The third-order valence-electron chi connectivity index (χ3n) is 4.67. The van der Waals surface area contributed by atoms with E-state index in [0.717, 1.165) is 47.8 Å². The van der Waals surface area contributed by atoms with E-state index in [-0.39, 0.29) is 12.7 Å². The van der Waals surface area contributed by atoms with Crippen molar-refractivity contribution in [3.8, 4) is 10.4 Å². The predicted octanol–water partition coefficient (Wildman–Crippen LogP) is 3.64. The first-order chi connectivity index (χ1) is 12.7. The van der Waals surface area contributed by atoms with Gasteiger partial charge in [0.2, 0.25) is 0 Å². The minimum absolute atomic E-state index is 0.0678. The van der Waals surface area contributed by atoms with Crippen LogP contribution in [0, 0.1) is 6.92 Å². The Morgan fingerprint density at radius 2 is 2.12 bits per heavy atom. The number of fused-ring (bicyclic) bond motifs is 1. The summed E-state index contributed by atoms with van der Waals surface area (Å²) in [5.41, 5.74) is 1.21. The average molecular weight is 369 g/mol. The summed E-state index contributed by atoms with van der Waals surface area (Å²) in [4.78, 5) is 14.0. The molecule has 1 aromatic carbocycles. The number of hydrogen-bond acceptors (Lipinski definition) is 6. The molecule has 6 heteroatoms. The van der Waals surface area contributed by atoms with Crippen molar-refractivity contribution in [2.24, 2.45) is 0 Å². The molecule has 5 nitrogen and oxygen atoms in total. The summed E-state index contributed by atoms with van der Waals surface area (Å²) in [5.74, 6) is 1.80. The highest BCUT2D eigenvalue weighted by atomic mass is 32.1. The van der Waals surface area contributed by atoms with Gasteiger partial charge >= 0.3 is 0 Å². The molecule has 1 aliphatic rings. The number of benzene rings is 1. The molecule has 1 aliphatic heterocycles. The lowest BCUT2D eigenvalue weighted by molar-refractivity contribution is 0.0214. The predicted molar refractivity (Wildman–Crippen MR) is 106 cm³/mol. The quantitative estimate of drug-likeness (QED) is 0.744. The van der Waals surface area contributed by atoms with Crippen LogP contribution in [0.1, 0.15) is 18.7 Å². The first kappa shape index (κ1) is 17.4. The molecule has 0 radical (unpaired) electrons. The first-order valence-corrected chi connectivity index (χ1v) is 9.87. The van der Waals surface area contributed by atoms with Crippen molar-refractivity contribution >= 4 is 27.4 Å². The number of ether oxygens (including phenoxy) is 1. The molecule has 2 aromatic heterocycles. The fraction of sp³-hybridized carbons (Fsp3) is 0.400. The third kappa shape index (κ3) is 3.58. The number of rotatable bonds is 5. The van der Waals surface area contributed by atoms with E-state index in [9.17, 15) is 0 Å². The topological polar surface area (TPSA) is 58.5 Å². The van der Waals surface area contributed by atoms with Crippen LogP contribution < -0.4 is 4.90 Å². The standard InChI is InChI=1S/C20H23N3O2S/c1-14-21-19(23-9-5-8-16(13-23)25-11-10-24)17-12-18(26-20(17)22-14)15-6-3-2-4-7-15/h2-4,6-7,12,16,24H,5,8-11,13H2,1H3. The summed E-state index contributed by atoms with van der Waals surface area (Å²) in [6, 6.07) is 12.6. The number of aliphatic hydroxyl groups is 1. The maximum atomic E-state index is 9.01. The average Bonchev–Trinajstić information content (AvgIpc) is 3.10. The maximum absolute atomic E-state index is 9.01. The van der Waals surface area contributed by atoms with Gasteiger partial charge in [-0.3, -0.25) is 0 Å². The summed E-state index contributed by atoms with van der Waals surface area (Å²) in [7, 11) is 0. The minimum atomic E-state index is 0.0678. The van der Waals surface area contributed by atoms with Gasteiger partial charge in [-0.1, -0.05) is 30.3 Å². The Morgan fingerprint density at radius 3 is 2.92 bits per heavy atom. The molecule has 1 unspecified atom stereocenters. The van der Waals surface area contributed by atoms with Gasteiger partial charge in [-0.05, 0) is 31.4 Å². The zero-order valence-corrected chi connectivity index (χ0v) is 15.7. The van der Waals surface area contributed by atoms with E-state index in [1.165, 1.54) is 10.4 Å². The van der Waals surface area contributed by atoms with Gasteiger partial charge in [0.15, 0.2) is 0 Å². The number of anilines is 1. The molecule has 136 valence electrons. The van der Waals surface area contributed by atoms with Crippen molar-refractivity contribution in [2.45, 2.75) is 25.9 Å². The van der Waals surface area contributed by atoms with Crippen molar-refractivity contribution < 1.29 is 9.84 Å². The zero-order valence-electron chi connectivity index (χ0n) is 14.9. The van der Waals surface area contributed by atoms with Gasteiger partial charge in [-0.15, -0.1) is 11.3 Å². The Balaban J connectivity index is 1.69. The van der Waals surface area contributed by atoms with E-state index in [4.69, 9.17) is 14.8 Å². The van der Waals surface area contributed by atoms with Crippen LogP contribution in [0.4, 0.5) is 5.82 Å². The normalized spacial score (nSPS) is 17.8. The van der Waals surface area contributed by atoms with E-state index in [1.807, 2.05) is 13.0 Å². The van der Waals surface area contributed by atoms with E-state index in [1.54, 1.807) is 11.3 Å². The molecule has 1 atom stereocenters. The van der Waals surface area contributed by atoms with Gasteiger partial charge in [-0.25, -0.2) is 9.97 Å². The van der Waals surface area contributed by atoms with Crippen LogP contribution in [0.15, 0.2) is 36.4 Å². The van der Waals surface area contributed by atoms with Crippen molar-refractivity contribution in [1.82, 2.24) is 9.97 Å². The Labute approximate surface area is 157 Å². The molecule has 1 saturated heterocycles. The molecule has 1 N–H and O–H groups in total. The number of aromatic nitrogens is 2. The number of nitrogens with zero attached hydrogens (tertiary/aromatic N) is 3. The van der Waals surface area contributed by atoms with Crippen molar-refractivity contribution in [1.29, 1.82) is 0 Å². The number of thiophene rings is 1. The van der Waals surface area contributed by atoms with Crippen molar-refractivity contribution in [2.75, 3.05) is 31.2 Å². The summed E-state index contributed by atoms with van der Waals surface area (Å²) < 4.78 is 5.77.